The molecule has 1 amide bonds. The average Bonchev–Trinajstić information content (AvgIpc) is 2.18. The van der Waals surface area contributed by atoms with E-state index in [0.29, 0.717) is 25.2 Å². The molecule has 1 saturated heterocycles. The summed E-state index contributed by atoms with van der Waals surface area (Å²) in [5.74, 6) is 0.100. The monoisotopic (exact) mass is 214 g/mol. The second-order valence-corrected chi connectivity index (χ2v) is 4.27. The minimum absolute atomic E-state index is 0.100. The number of ether oxygens (including phenoxy) is 1. The maximum atomic E-state index is 11.9. The van der Waals surface area contributed by atoms with E-state index in [1.807, 2.05) is 4.90 Å². The molecule has 1 aliphatic heterocycles. The second-order valence-electron chi connectivity index (χ2n) is 4.27. The number of nitrogens with two attached hydrogens (primary N) is 1. The van der Waals surface area contributed by atoms with Crippen molar-refractivity contribution in [1.29, 1.82) is 0 Å². The molecule has 0 bridgehead atoms. The maximum absolute atomic E-state index is 11.9. The summed E-state index contributed by atoms with van der Waals surface area (Å²) in [7, 11) is 0. The van der Waals surface area contributed by atoms with Crippen LogP contribution in [0.2, 0.25) is 0 Å². The van der Waals surface area contributed by atoms with Crippen LogP contribution in [0.25, 0.3) is 0 Å². The Hall–Kier alpha value is -0.610. The number of likely N-dealkylation sites (tertiary alicyclic amines) is 1. The SMILES string of the molecule is C[C@@H]1CCC[C@H](C)N1C(=O)COCCN. The number of nitrogens with zero attached hydrogens (tertiary/aromatic N) is 1. The first kappa shape index (κ1) is 12.5. The van der Waals surface area contributed by atoms with Crippen LogP contribution >= 0.6 is 0 Å². The van der Waals surface area contributed by atoms with Gasteiger partial charge in [0, 0.05) is 18.6 Å². The van der Waals surface area contributed by atoms with Crippen molar-refractivity contribution in [2.45, 2.75) is 45.2 Å². The van der Waals surface area contributed by atoms with Gasteiger partial charge in [-0.15, -0.1) is 0 Å². The third kappa shape index (κ3) is 3.47. The minimum atomic E-state index is 0.100. The zero-order valence-corrected chi connectivity index (χ0v) is 9.74. The molecule has 0 radical (unpaired) electrons. The molecule has 15 heavy (non-hydrogen) atoms. The quantitative estimate of drug-likeness (QED) is 0.703. The topological polar surface area (TPSA) is 55.6 Å². The molecule has 0 unspecified atom stereocenters. The van der Waals surface area contributed by atoms with Gasteiger partial charge in [0.15, 0.2) is 0 Å². The van der Waals surface area contributed by atoms with Crippen LogP contribution in [0.3, 0.4) is 0 Å². The Bertz CT molecular complexity index is 199. The molecule has 2 N–H and O–H groups in total. The summed E-state index contributed by atoms with van der Waals surface area (Å²) in [6.07, 6.45) is 3.43. The largest absolute Gasteiger partial charge is 0.370 e. The number of carbonyl (C=O) groups is 1. The van der Waals surface area contributed by atoms with Crippen molar-refractivity contribution < 1.29 is 9.53 Å². The molecule has 0 aromatic heterocycles. The smallest absolute Gasteiger partial charge is 0.249 e. The number of rotatable bonds is 4. The van der Waals surface area contributed by atoms with Gasteiger partial charge in [0.25, 0.3) is 0 Å². The third-order valence-electron chi connectivity index (χ3n) is 2.97. The van der Waals surface area contributed by atoms with Gasteiger partial charge in [0.2, 0.25) is 5.91 Å². The number of carbonyl (C=O) groups excluding carboxylic acids is 1. The van der Waals surface area contributed by atoms with Crippen LogP contribution in [-0.4, -0.2) is 42.6 Å². The van der Waals surface area contributed by atoms with Crippen molar-refractivity contribution >= 4 is 5.91 Å². The molecule has 0 aromatic rings. The Morgan fingerprint density at radius 1 is 1.40 bits per heavy atom. The van der Waals surface area contributed by atoms with Gasteiger partial charge in [0.1, 0.15) is 6.61 Å². The molecular formula is C11H22N2O2. The van der Waals surface area contributed by atoms with E-state index in [4.69, 9.17) is 10.5 Å². The predicted octanol–water partition coefficient (Wildman–Crippen LogP) is 0.751. The van der Waals surface area contributed by atoms with E-state index in [1.54, 1.807) is 0 Å². The van der Waals surface area contributed by atoms with Crippen LogP contribution in [0.4, 0.5) is 0 Å². The molecule has 0 spiro atoms. The highest BCUT2D eigenvalue weighted by molar-refractivity contribution is 5.78. The number of hydrogen-bond donors (Lipinski definition) is 1. The molecule has 1 fully saturated rings. The van der Waals surface area contributed by atoms with Crippen molar-refractivity contribution in [3.63, 3.8) is 0 Å². The van der Waals surface area contributed by atoms with Crippen LogP contribution in [0.5, 0.6) is 0 Å². The predicted molar refractivity (Wildman–Crippen MR) is 59.5 cm³/mol. The fourth-order valence-electron chi connectivity index (χ4n) is 2.23. The van der Waals surface area contributed by atoms with Gasteiger partial charge in [0.05, 0.1) is 6.61 Å². The van der Waals surface area contributed by atoms with Gasteiger partial charge in [-0.05, 0) is 33.1 Å². The Kier molecular flexibility index (Phi) is 5.05. The van der Waals surface area contributed by atoms with Gasteiger partial charge in [-0.1, -0.05) is 0 Å². The number of amides is 1. The van der Waals surface area contributed by atoms with Crippen LogP contribution < -0.4 is 5.73 Å². The molecule has 0 saturated carbocycles. The fourth-order valence-corrected chi connectivity index (χ4v) is 2.23. The first-order valence-electron chi connectivity index (χ1n) is 5.75. The lowest BCUT2D eigenvalue weighted by molar-refractivity contribution is -0.142. The summed E-state index contributed by atoms with van der Waals surface area (Å²) in [4.78, 5) is 13.8. The summed E-state index contributed by atoms with van der Waals surface area (Å²) in [5.41, 5.74) is 5.30. The van der Waals surface area contributed by atoms with Crippen molar-refractivity contribution in [2.24, 2.45) is 5.73 Å². The van der Waals surface area contributed by atoms with Crippen molar-refractivity contribution in [2.75, 3.05) is 19.8 Å². The minimum Gasteiger partial charge on any atom is -0.370 e. The molecule has 88 valence electrons. The summed E-state index contributed by atoms with van der Waals surface area (Å²) in [6.45, 7) is 5.32. The fraction of sp³-hybridized carbons (Fsp3) is 0.909. The maximum Gasteiger partial charge on any atom is 0.249 e. The molecule has 1 rings (SSSR count). The van der Waals surface area contributed by atoms with Crippen LogP contribution in [0, 0.1) is 0 Å². The van der Waals surface area contributed by atoms with E-state index >= 15 is 0 Å². The molecule has 1 heterocycles. The normalized spacial score (nSPS) is 26.7. The molecule has 0 aliphatic carbocycles. The summed E-state index contributed by atoms with van der Waals surface area (Å²) in [6, 6.07) is 0.699. The third-order valence-corrected chi connectivity index (χ3v) is 2.97. The van der Waals surface area contributed by atoms with Crippen molar-refractivity contribution in [1.82, 2.24) is 4.90 Å². The lowest BCUT2D eigenvalue weighted by atomic mass is 9.97. The van der Waals surface area contributed by atoms with E-state index in [2.05, 4.69) is 13.8 Å². The molecule has 4 nitrogen and oxygen atoms in total. The first-order chi connectivity index (χ1) is 7.16. The summed E-state index contributed by atoms with van der Waals surface area (Å²) < 4.78 is 5.18. The average molecular weight is 214 g/mol. The molecule has 4 heteroatoms. The molecule has 1 aliphatic rings. The van der Waals surface area contributed by atoms with Crippen molar-refractivity contribution in [3.8, 4) is 0 Å². The van der Waals surface area contributed by atoms with Gasteiger partial charge in [-0.25, -0.2) is 0 Å². The highest BCUT2D eigenvalue weighted by Gasteiger charge is 2.28. The van der Waals surface area contributed by atoms with E-state index < -0.39 is 0 Å². The Morgan fingerprint density at radius 2 is 2.00 bits per heavy atom. The van der Waals surface area contributed by atoms with Crippen LogP contribution in [0.15, 0.2) is 0 Å². The van der Waals surface area contributed by atoms with Crippen LogP contribution in [-0.2, 0) is 9.53 Å². The van der Waals surface area contributed by atoms with Crippen molar-refractivity contribution in [3.05, 3.63) is 0 Å². The van der Waals surface area contributed by atoms with E-state index in [0.717, 1.165) is 12.8 Å². The van der Waals surface area contributed by atoms with Crippen LogP contribution in [0.1, 0.15) is 33.1 Å². The highest BCUT2D eigenvalue weighted by Crippen LogP contribution is 2.22. The Balaban J connectivity index is 2.41. The summed E-state index contributed by atoms with van der Waals surface area (Å²) in [5, 5.41) is 0. The highest BCUT2D eigenvalue weighted by atomic mass is 16.5. The standard InChI is InChI=1S/C11H22N2O2/c1-9-4-3-5-10(2)13(9)11(14)8-15-7-6-12/h9-10H,3-8,12H2,1-2H3/t9-,10+. The molecule has 0 aromatic carbocycles. The van der Waals surface area contributed by atoms with Gasteiger partial charge >= 0.3 is 0 Å². The molecule has 2 atom stereocenters. The van der Waals surface area contributed by atoms with Gasteiger partial charge < -0.3 is 15.4 Å². The number of piperidine rings is 1. The molecular weight excluding hydrogens is 192 g/mol. The Morgan fingerprint density at radius 3 is 2.53 bits per heavy atom. The number of hydrogen-bond acceptors (Lipinski definition) is 3. The second kappa shape index (κ2) is 6.08. The summed E-state index contributed by atoms with van der Waals surface area (Å²) >= 11 is 0. The van der Waals surface area contributed by atoms with E-state index in [9.17, 15) is 4.79 Å². The van der Waals surface area contributed by atoms with Gasteiger partial charge in [-0.3, -0.25) is 4.79 Å². The zero-order chi connectivity index (χ0) is 11.3. The lowest BCUT2D eigenvalue weighted by Gasteiger charge is -2.39. The Labute approximate surface area is 91.8 Å². The van der Waals surface area contributed by atoms with Gasteiger partial charge in [-0.2, -0.15) is 0 Å². The first-order valence-corrected chi connectivity index (χ1v) is 5.75. The zero-order valence-electron chi connectivity index (χ0n) is 9.74. The van der Waals surface area contributed by atoms with E-state index in [-0.39, 0.29) is 12.5 Å². The lowest BCUT2D eigenvalue weighted by Crippen LogP contribution is -2.49. The van der Waals surface area contributed by atoms with E-state index in [1.165, 1.54) is 6.42 Å².